The van der Waals surface area contributed by atoms with E-state index < -0.39 is 0 Å². The van der Waals surface area contributed by atoms with Crippen molar-refractivity contribution in [3.8, 4) is 0 Å². The number of benzene rings is 1. The maximum absolute atomic E-state index is 11.0. The number of piperidine rings is 1. The van der Waals surface area contributed by atoms with Crippen LogP contribution in [0, 0.1) is 0 Å². The van der Waals surface area contributed by atoms with Crippen LogP contribution in [-0.4, -0.2) is 36.0 Å². The lowest BCUT2D eigenvalue weighted by Gasteiger charge is -2.35. The minimum absolute atomic E-state index is 0. The van der Waals surface area contributed by atoms with E-state index in [2.05, 4.69) is 34.7 Å². The van der Waals surface area contributed by atoms with Gasteiger partial charge in [-0.05, 0) is 50.4 Å². The Morgan fingerprint density at radius 3 is 2.36 bits per heavy atom. The maximum Gasteiger partial charge on any atom is 0.221 e. The minimum Gasteiger partial charge on any atom is -0.326 e. The Hall–Kier alpha value is -1.10. The van der Waals surface area contributed by atoms with E-state index in [1.54, 1.807) is 0 Å². The number of anilines is 1. The number of rotatable bonds is 4. The van der Waals surface area contributed by atoms with Crippen molar-refractivity contribution < 1.29 is 4.79 Å². The normalized spacial score (nSPS) is 26.6. The fourth-order valence-electron chi connectivity index (χ4n) is 3.70. The Morgan fingerprint density at radius 2 is 1.82 bits per heavy atom. The molecule has 1 aromatic carbocycles. The molecule has 0 saturated carbocycles. The lowest BCUT2D eigenvalue weighted by molar-refractivity contribution is -0.114. The van der Waals surface area contributed by atoms with E-state index in [0.717, 1.165) is 24.3 Å². The van der Waals surface area contributed by atoms with E-state index in [0.29, 0.717) is 6.04 Å². The zero-order chi connectivity index (χ0) is 14.8. The largest absolute Gasteiger partial charge is 0.326 e. The third-order valence-corrected chi connectivity index (χ3v) is 4.78. The molecule has 1 aromatic rings. The Morgan fingerprint density at radius 1 is 1.23 bits per heavy atom. The lowest BCUT2D eigenvalue weighted by Crippen LogP contribution is -2.46. The predicted octanol–water partition coefficient (Wildman–Crippen LogP) is 2.78. The Kier molecular flexibility index (Phi) is 5.84. The summed E-state index contributed by atoms with van der Waals surface area (Å²) in [5, 5.41) is 6.51. The smallest absolute Gasteiger partial charge is 0.221 e. The second kappa shape index (κ2) is 7.44. The molecule has 0 radical (unpaired) electrons. The molecule has 2 unspecified atom stereocenters. The van der Waals surface area contributed by atoms with Crippen LogP contribution in [0.4, 0.5) is 5.69 Å². The second-order valence-corrected chi connectivity index (χ2v) is 6.56. The zero-order valence-electron chi connectivity index (χ0n) is 13.3. The molecule has 2 atom stereocenters. The fourth-order valence-corrected chi connectivity index (χ4v) is 3.70. The molecule has 5 heteroatoms. The number of nitrogens with zero attached hydrogens (tertiary/aromatic N) is 1. The van der Waals surface area contributed by atoms with Crippen LogP contribution in [0.3, 0.4) is 0 Å². The molecule has 2 bridgehead atoms. The van der Waals surface area contributed by atoms with E-state index >= 15 is 0 Å². The van der Waals surface area contributed by atoms with Crippen LogP contribution in [0.5, 0.6) is 0 Å². The van der Waals surface area contributed by atoms with Gasteiger partial charge in [0.25, 0.3) is 0 Å². The summed E-state index contributed by atoms with van der Waals surface area (Å²) in [6.45, 7) is 2.51. The highest BCUT2D eigenvalue weighted by Gasteiger charge is 2.34. The molecule has 3 rings (SSSR count). The summed E-state index contributed by atoms with van der Waals surface area (Å²) in [6.07, 6.45) is 5.24. The van der Waals surface area contributed by atoms with Gasteiger partial charge in [0.05, 0.1) is 0 Å². The average molecular weight is 324 g/mol. The van der Waals surface area contributed by atoms with Crippen molar-refractivity contribution in [1.82, 2.24) is 10.2 Å². The van der Waals surface area contributed by atoms with Gasteiger partial charge in [0.2, 0.25) is 5.91 Å². The van der Waals surface area contributed by atoms with Gasteiger partial charge in [-0.15, -0.1) is 12.4 Å². The third-order valence-electron chi connectivity index (χ3n) is 4.78. The first-order valence-electron chi connectivity index (χ1n) is 7.93. The number of hydrogen-bond donors (Lipinski definition) is 2. The molecule has 0 spiro atoms. The topological polar surface area (TPSA) is 44.4 Å². The maximum atomic E-state index is 11.0. The summed E-state index contributed by atoms with van der Waals surface area (Å²) in [6, 6.07) is 10.3. The number of carbonyl (C=O) groups excluding carboxylic acids is 1. The molecular formula is C17H26ClN3O. The highest BCUT2D eigenvalue weighted by Crippen LogP contribution is 2.29. The molecule has 1 amide bonds. The van der Waals surface area contributed by atoms with Crippen molar-refractivity contribution in [2.45, 2.75) is 57.3 Å². The number of amides is 1. The van der Waals surface area contributed by atoms with E-state index in [1.165, 1.54) is 38.2 Å². The van der Waals surface area contributed by atoms with Gasteiger partial charge in [-0.3, -0.25) is 9.69 Å². The van der Waals surface area contributed by atoms with Gasteiger partial charge in [0.15, 0.2) is 0 Å². The van der Waals surface area contributed by atoms with E-state index in [-0.39, 0.29) is 18.3 Å². The molecule has 4 nitrogen and oxygen atoms in total. The van der Waals surface area contributed by atoms with Crippen LogP contribution in [-0.2, 0) is 11.3 Å². The summed E-state index contributed by atoms with van der Waals surface area (Å²) in [5.41, 5.74) is 2.17. The van der Waals surface area contributed by atoms with Gasteiger partial charge in [0, 0.05) is 37.3 Å². The summed E-state index contributed by atoms with van der Waals surface area (Å²) >= 11 is 0. The standard InChI is InChI=1S/C17H25N3O.ClH/c1-12(21)18-14-5-3-13(4-6-14)11-20(2)17-9-15-7-8-16(10-17)19-15;/h3-6,15-17,19H,7-11H2,1-2H3,(H,18,21);1H. The highest BCUT2D eigenvalue weighted by atomic mass is 35.5. The molecule has 2 aliphatic heterocycles. The molecule has 2 heterocycles. The van der Waals surface area contributed by atoms with Crippen molar-refractivity contribution in [3.05, 3.63) is 29.8 Å². The molecule has 0 aromatic heterocycles. The zero-order valence-corrected chi connectivity index (χ0v) is 14.2. The van der Waals surface area contributed by atoms with E-state index in [9.17, 15) is 4.79 Å². The second-order valence-electron chi connectivity index (χ2n) is 6.56. The Labute approximate surface area is 139 Å². The SMILES string of the molecule is CC(=O)Nc1ccc(CN(C)C2CC3CCC(C2)N3)cc1.Cl. The summed E-state index contributed by atoms with van der Waals surface area (Å²) in [4.78, 5) is 13.5. The minimum atomic E-state index is -0.0231. The van der Waals surface area contributed by atoms with Gasteiger partial charge >= 0.3 is 0 Å². The summed E-state index contributed by atoms with van der Waals surface area (Å²) < 4.78 is 0. The quantitative estimate of drug-likeness (QED) is 0.895. The van der Waals surface area contributed by atoms with Crippen LogP contribution in [0.2, 0.25) is 0 Å². The first-order valence-corrected chi connectivity index (χ1v) is 7.93. The molecule has 2 aliphatic rings. The van der Waals surface area contributed by atoms with Gasteiger partial charge < -0.3 is 10.6 Å². The Bertz CT molecular complexity index is 493. The monoisotopic (exact) mass is 323 g/mol. The van der Waals surface area contributed by atoms with Crippen molar-refractivity contribution in [2.75, 3.05) is 12.4 Å². The third kappa shape index (κ3) is 4.22. The van der Waals surface area contributed by atoms with Crippen molar-refractivity contribution in [2.24, 2.45) is 0 Å². The average Bonchev–Trinajstić information content (AvgIpc) is 2.79. The van der Waals surface area contributed by atoms with Crippen LogP contribution in [0.25, 0.3) is 0 Å². The van der Waals surface area contributed by atoms with Gasteiger partial charge in [-0.25, -0.2) is 0 Å². The summed E-state index contributed by atoms with van der Waals surface area (Å²) in [7, 11) is 2.23. The number of halogens is 1. The molecule has 22 heavy (non-hydrogen) atoms. The number of carbonyl (C=O) groups is 1. The molecule has 2 N–H and O–H groups in total. The van der Waals surface area contributed by atoms with Gasteiger partial charge in [-0.1, -0.05) is 12.1 Å². The predicted molar refractivity (Wildman–Crippen MR) is 92.4 cm³/mol. The van der Waals surface area contributed by atoms with Gasteiger partial charge in [-0.2, -0.15) is 0 Å². The molecule has 2 saturated heterocycles. The van der Waals surface area contributed by atoms with Crippen LogP contribution in [0.1, 0.15) is 38.2 Å². The first-order chi connectivity index (χ1) is 10.1. The number of fused-ring (bicyclic) bond motifs is 2. The Balaban J connectivity index is 0.00000176. The van der Waals surface area contributed by atoms with E-state index in [4.69, 9.17) is 0 Å². The molecule has 122 valence electrons. The van der Waals surface area contributed by atoms with Crippen LogP contribution in [0.15, 0.2) is 24.3 Å². The van der Waals surface area contributed by atoms with Crippen LogP contribution >= 0.6 is 12.4 Å². The molecular weight excluding hydrogens is 298 g/mol. The lowest BCUT2D eigenvalue weighted by atomic mass is 9.98. The molecule has 0 aliphatic carbocycles. The van der Waals surface area contributed by atoms with Crippen molar-refractivity contribution in [3.63, 3.8) is 0 Å². The summed E-state index contributed by atoms with van der Waals surface area (Å²) in [5.74, 6) is -0.0231. The highest BCUT2D eigenvalue weighted by molar-refractivity contribution is 5.88. The molecule has 2 fully saturated rings. The number of nitrogens with one attached hydrogen (secondary N) is 2. The number of hydrogen-bond acceptors (Lipinski definition) is 3. The van der Waals surface area contributed by atoms with Gasteiger partial charge in [0.1, 0.15) is 0 Å². The van der Waals surface area contributed by atoms with E-state index in [1.807, 2.05) is 12.1 Å². The van der Waals surface area contributed by atoms with Crippen molar-refractivity contribution >= 4 is 24.0 Å². The van der Waals surface area contributed by atoms with Crippen molar-refractivity contribution in [1.29, 1.82) is 0 Å². The fraction of sp³-hybridized carbons (Fsp3) is 0.588. The first kappa shape index (κ1) is 17.3. The van der Waals surface area contributed by atoms with Crippen LogP contribution < -0.4 is 10.6 Å².